The van der Waals surface area contributed by atoms with Crippen molar-refractivity contribution in [2.45, 2.75) is 48.3 Å². The number of thiazole rings is 1. The number of aliphatic carboxylic acids is 1. The molecule has 8 nitrogen and oxygen atoms in total. The monoisotopic (exact) mass is 514 g/mol. The Morgan fingerprint density at radius 1 is 1.06 bits per heavy atom. The molecule has 2 aliphatic carbocycles. The first-order valence-electron chi connectivity index (χ1n) is 12.1. The molecule has 184 valence electrons. The number of para-hydroxylation sites is 1. The van der Waals surface area contributed by atoms with E-state index in [0.717, 1.165) is 21.9 Å². The van der Waals surface area contributed by atoms with Crippen LogP contribution in [0.3, 0.4) is 0 Å². The zero-order valence-electron chi connectivity index (χ0n) is 18.9. The number of carbonyl (C=O) groups is 3. The van der Waals surface area contributed by atoms with E-state index in [-0.39, 0.29) is 69.6 Å². The van der Waals surface area contributed by atoms with Crippen LogP contribution in [0, 0.1) is 29.6 Å². The van der Waals surface area contributed by atoms with E-state index in [1.807, 2.05) is 12.1 Å². The SMILES string of the molecule is O=C(O)CCCCCN1C(=O)C2C3CC(C2C1=O)C1C3Sc2[nH]c(=O)sc2[C@@H]1c1ccccc1O. The number of carboxylic acids is 1. The Kier molecular flexibility index (Phi) is 5.56. The number of phenols is 1. The van der Waals surface area contributed by atoms with Crippen molar-refractivity contribution in [3.63, 3.8) is 0 Å². The number of nitrogens with zero attached hydrogens (tertiary/aromatic N) is 1. The number of aromatic nitrogens is 1. The molecule has 3 fully saturated rings. The topological polar surface area (TPSA) is 128 Å². The molecular weight excluding hydrogens is 488 g/mol. The van der Waals surface area contributed by atoms with Crippen LogP contribution >= 0.6 is 23.1 Å². The number of hydrogen-bond acceptors (Lipinski definition) is 7. The minimum absolute atomic E-state index is 0.0194. The first-order valence-corrected chi connectivity index (χ1v) is 13.8. The van der Waals surface area contributed by atoms with Crippen LogP contribution in [0.2, 0.25) is 0 Å². The predicted octanol–water partition coefficient (Wildman–Crippen LogP) is 3.26. The van der Waals surface area contributed by atoms with Gasteiger partial charge in [0.2, 0.25) is 11.8 Å². The maximum Gasteiger partial charge on any atom is 0.305 e. The minimum Gasteiger partial charge on any atom is -0.508 e. The van der Waals surface area contributed by atoms with Gasteiger partial charge in [0, 0.05) is 34.6 Å². The Hall–Kier alpha value is -2.59. The summed E-state index contributed by atoms with van der Waals surface area (Å²) in [6.07, 6.45) is 2.71. The lowest BCUT2D eigenvalue weighted by Gasteiger charge is -2.43. The van der Waals surface area contributed by atoms with Gasteiger partial charge in [-0.15, -0.1) is 11.8 Å². The summed E-state index contributed by atoms with van der Waals surface area (Å²) in [5, 5.41) is 20.5. The molecule has 1 saturated heterocycles. The number of fused-ring (bicyclic) bond motifs is 9. The highest BCUT2D eigenvalue weighted by molar-refractivity contribution is 8.00. The fraction of sp³-hybridized carbons (Fsp3) is 0.520. The molecule has 4 aliphatic rings. The number of imide groups is 1. The normalized spacial score (nSPS) is 32.6. The number of H-pyrrole nitrogens is 1. The minimum atomic E-state index is -0.835. The van der Waals surface area contributed by atoms with E-state index in [0.29, 0.717) is 25.8 Å². The number of amides is 2. The molecule has 2 saturated carbocycles. The van der Waals surface area contributed by atoms with Crippen LogP contribution in [0.25, 0.3) is 0 Å². The van der Waals surface area contributed by atoms with Gasteiger partial charge < -0.3 is 15.2 Å². The standard InChI is InChI=1S/C25H26N2O6S2/c28-14-7-4-3-6-11(14)16-17-12-10-13(20(17)34-22-21(16)35-25(33)26-22)19-18(12)23(31)27(24(19)32)9-5-1-2-8-15(29)30/h3-4,6-7,12-13,16-20,28H,1-2,5,8-10H2,(H,26,33)(H,29,30)/t12?,13?,16-,17?,18?,19?,20?/m1/s1. The van der Waals surface area contributed by atoms with Crippen molar-refractivity contribution in [2.75, 3.05) is 6.54 Å². The van der Waals surface area contributed by atoms with Crippen molar-refractivity contribution in [2.24, 2.45) is 29.6 Å². The van der Waals surface area contributed by atoms with Gasteiger partial charge in [-0.1, -0.05) is 36.0 Å². The molecular formula is C25H26N2O6S2. The third-order valence-corrected chi connectivity index (χ3v) is 10.9. The van der Waals surface area contributed by atoms with Gasteiger partial charge >= 0.3 is 10.8 Å². The van der Waals surface area contributed by atoms with Crippen molar-refractivity contribution in [3.05, 3.63) is 44.4 Å². The number of thioether (sulfide) groups is 1. The van der Waals surface area contributed by atoms with Crippen LogP contribution in [0.5, 0.6) is 5.75 Å². The maximum absolute atomic E-state index is 13.5. The molecule has 6 rings (SSSR count). The molecule has 2 aliphatic heterocycles. The molecule has 6 unspecified atom stereocenters. The first kappa shape index (κ1) is 22.8. The Morgan fingerprint density at radius 3 is 2.54 bits per heavy atom. The molecule has 35 heavy (non-hydrogen) atoms. The second-order valence-corrected chi connectivity index (χ2v) is 12.3. The van der Waals surface area contributed by atoms with Gasteiger partial charge in [0.1, 0.15) is 5.75 Å². The molecule has 0 spiro atoms. The van der Waals surface area contributed by atoms with Gasteiger partial charge in [-0.2, -0.15) is 0 Å². The van der Waals surface area contributed by atoms with Gasteiger partial charge in [-0.25, -0.2) is 0 Å². The summed E-state index contributed by atoms with van der Waals surface area (Å²) in [5.74, 6) is -1.56. The van der Waals surface area contributed by atoms with Gasteiger partial charge in [0.05, 0.1) is 16.9 Å². The van der Waals surface area contributed by atoms with Crippen LogP contribution in [-0.2, 0) is 14.4 Å². The third kappa shape index (κ3) is 3.48. The zero-order chi connectivity index (χ0) is 24.4. The molecule has 0 radical (unpaired) electrons. The van der Waals surface area contributed by atoms with Crippen LogP contribution in [0.4, 0.5) is 0 Å². The van der Waals surface area contributed by atoms with Crippen molar-refractivity contribution in [3.8, 4) is 5.75 Å². The first-order chi connectivity index (χ1) is 16.9. The highest BCUT2D eigenvalue weighted by atomic mass is 32.2. The zero-order valence-corrected chi connectivity index (χ0v) is 20.5. The average molecular weight is 515 g/mol. The molecule has 2 aromatic rings. The molecule has 7 atom stereocenters. The van der Waals surface area contributed by atoms with E-state index in [4.69, 9.17) is 5.11 Å². The number of likely N-dealkylation sites (tertiary alicyclic amines) is 1. The number of nitrogens with one attached hydrogen (secondary N) is 1. The average Bonchev–Trinajstić information content (AvgIpc) is 3.54. The van der Waals surface area contributed by atoms with E-state index in [2.05, 4.69) is 4.98 Å². The third-order valence-electron chi connectivity index (χ3n) is 8.36. The maximum atomic E-state index is 13.5. The van der Waals surface area contributed by atoms with Crippen LogP contribution in [0.15, 0.2) is 34.1 Å². The van der Waals surface area contributed by atoms with Crippen molar-refractivity contribution in [1.29, 1.82) is 0 Å². The predicted molar refractivity (Wildman–Crippen MR) is 129 cm³/mol. The summed E-state index contributed by atoms with van der Waals surface area (Å²) in [5.41, 5.74) is 0.774. The van der Waals surface area contributed by atoms with E-state index in [9.17, 15) is 24.3 Å². The van der Waals surface area contributed by atoms with E-state index in [1.165, 1.54) is 16.2 Å². The molecule has 2 bridgehead atoms. The number of carboxylic acid groups (broad SMARTS) is 1. The Bertz CT molecular complexity index is 1270. The number of aromatic hydroxyl groups is 1. The lowest BCUT2D eigenvalue weighted by atomic mass is 9.68. The molecule has 1 aromatic carbocycles. The molecule has 1 aromatic heterocycles. The Balaban J connectivity index is 1.30. The van der Waals surface area contributed by atoms with Crippen molar-refractivity contribution >= 4 is 40.9 Å². The number of carbonyl (C=O) groups excluding carboxylic acids is 2. The lowest BCUT2D eigenvalue weighted by molar-refractivity contribution is -0.141. The van der Waals surface area contributed by atoms with Gasteiger partial charge in [-0.3, -0.25) is 24.1 Å². The highest BCUT2D eigenvalue weighted by Crippen LogP contribution is 2.68. The summed E-state index contributed by atoms with van der Waals surface area (Å²) < 4.78 is 0. The number of hydrogen-bond donors (Lipinski definition) is 3. The van der Waals surface area contributed by atoms with Crippen LogP contribution in [0.1, 0.15) is 48.5 Å². The smallest absolute Gasteiger partial charge is 0.305 e. The number of aromatic amines is 1. The van der Waals surface area contributed by atoms with E-state index >= 15 is 0 Å². The largest absolute Gasteiger partial charge is 0.508 e. The van der Waals surface area contributed by atoms with Gasteiger partial charge in [0.25, 0.3) is 0 Å². The molecule has 3 heterocycles. The Labute approximate surface area is 209 Å². The summed E-state index contributed by atoms with van der Waals surface area (Å²) in [6, 6.07) is 7.22. The molecule has 10 heteroatoms. The number of rotatable bonds is 7. The molecule has 2 amide bonds. The fourth-order valence-electron chi connectivity index (χ4n) is 7.12. The van der Waals surface area contributed by atoms with Gasteiger partial charge in [0.15, 0.2) is 0 Å². The quantitative estimate of drug-likeness (QED) is 0.382. The van der Waals surface area contributed by atoms with Crippen LogP contribution < -0.4 is 4.87 Å². The summed E-state index contributed by atoms with van der Waals surface area (Å²) in [4.78, 5) is 55.1. The highest BCUT2D eigenvalue weighted by Gasteiger charge is 2.69. The number of unbranched alkanes of at least 4 members (excludes halogenated alkanes) is 2. The molecule has 3 N–H and O–H groups in total. The number of benzene rings is 1. The Morgan fingerprint density at radius 2 is 1.80 bits per heavy atom. The lowest BCUT2D eigenvalue weighted by Crippen LogP contribution is -2.42. The van der Waals surface area contributed by atoms with Crippen molar-refractivity contribution in [1.82, 2.24) is 9.88 Å². The van der Waals surface area contributed by atoms with Gasteiger partial charge in [-0.05, 0) is 43.1 Å². The van der Waals surface area contributed by atoms with Crippen molar-refractivity contribution < 1.29 is 24.6 Å². The summed E-state index contributed by atoms with van der Waals surface area (Å²) in [6.45, 7) is 0.343. The number of phenolic OH excluding ortho intramolecular Hbond substituents is 1. The summed E-state index contributed by atoms with van der Waals surface area (Å²) >= 11 is 2.81. The second kappa shape index (κ2) is 8.51. The summed E-state index contributed by atoms with van der Waals surface area (Å²) in [7, 11) is 0. The van der Waals surface area contributed by atoms with E-state index in [1.54, 1.807) is 23.9 Å². The van der Waals surface area contributed by atoms with Crippen LogP contribution in [-0.4, -0.2) is 49.7 Å². The second-order valence-electron chi connectivity index (χ2n) is 10.1. The van der Waals surface area contributed by atoms with E-state index < -0.39 is 5.97 Å². The fourth-order valence-corrected chi connectivity index (χ4v) is 10.0.